The van der Waals surface area contributed by atoms with Crippen molar-refractivity contribution in [3.05, 3.63) is 46.8 Å². The van der Waals surface area contributed by atoms with Gasteiger partial charge in [-0.3, -0.25) is 9.48 Å². The van der Waals surface area contributed by atoms with E-state index in [1.54, 1.807) is 24.3 Å². The van der Waals surface area contributed by atoms with Gasteiger partial charge in [0.05, 0.1) is 35.7 Å². The Kier molecular flexibility index (Phi) is 8.99. The first kappa shape index (κ1) is 25.6. The molecule has 1 unspecified atom stereocenters. The molecule has 0 saturated carbocycles. The van der Waals surface area contributed by atoms with Gasteiger partial charge in [0.1, 0.15) is 0 Å². The number of carbonyl (C=O) groups is 1. The largest absolute Gasteiger partial charge is 0.350 e. The van der Waals surface area contributed by atoms with Crippen LogP contribution >= 0.6 is 0 Å². The van der Waals surface area contributed by atoms with E-state index in [2.05, 4.69) is 16.5 Å². The minimum absolute atomic E-state index is 0.0825. The summed E-state index contributed by atoms with van der Waals surface area (Å²) in [6.07, 6.45) is 1.29. The van der Waals surface area contributed by atoms with Crippen LogP contribution in [0.15, 0.2) is 29.2 Å². The molecular formula is C23H33N5O3S. The number of sulfonamides is 1. The summed E-state index contributed by atoms with van der Waals surface area (Å²) in [7, 11) is -3.50. The second kappa shape index (κ2) is 11.2. The topological polar surface area (TPSA) is 108 Å². The maximum Gasteiger partial charge on any atom is 0.243 e. The average Bonchev–Trinajstić information content (AvgIpc) is 3.03. The van der Waals surface area contributed by atoms with E-state index in [4.69, 9.17) is 5.26 Å². The first-order valence-corrected chi connectivity index (χ1v) is 12.4. The highest BCUT2D eigenvalue weighted by Gasteiger charge is 2.22. The van der Waals surface area contributed by atoms with Gasteiger partial charge in [-0.25, -0.2) is 8.42 Å². The number of nitriles is 1. The third-order valence-electron chi connectivity index (χ3n) is 5.67. The molecule has 9 heteroatoms. The highest BCUT2D eigenvalue weighted by molar-refractivity contribution is 7.89. The number of hydrogen-bond donors (Lipinski definition) is 1. The Morgan fingerprint density at radius 3 is 2.41 bits per heavy atom. The molecule has 0 bridgehead atoms. The van der Waals surface area contributed by atoms with E-state index in [0.29, 0.717) is 38.9 Å². The monoisotopic (exact) mass is 459 g/mol. The molecule has 0 aliphatic heterocycles. The molecule has 0 radical (unpaired) electrons. The lowest BCUT2D eigenvalue weighted by molar-refractivity contribution is -0.121. The number of hydrogen-bond acceptors (Lipinski definition) is 5. The summed E-state index contributed by atoms with van der Waals surface area (Å²) in [5.74, 6) is -0.0825. The quantitative estimate of drug-likeness (QED) is 0.555. The van der Waals surface area contributed by atoms with E-state index < -0.39 is 10.0 Å². The molecule has 0 saturated heterocycles. The summed E-state index contributed by atoms with van der Waals surface area (Å²) in [4.78, 5) is 12.8. The lowest BCUT2D eigenvalue weighted by Crippen LogP contribution is -2.30. The first-order valence-electron chi connectivity index (χ1n) is 10.9. The van der Waals surface area contributed by atoms with Gasteiger partial charge >= 0.3 is 0 Å². The molecule has 0 aliphatic carbocycles. The van der Waals surface area contributed by atoms with Gasteiger partial charge in [0.2, 0.25) is 15.9 Å². The predicted molar refractivity (Wildman–Crippen MR) is 123 cm³/mol. The summed E-state index contributed by atoms with van der Waals surface area (Å²) in [6, 6.07) is 8.55. The number of aryl methyl sites for hydroxylation is 2. The minimum Gasteiger partial charge on any atom is -0.350 e. The Hall–Kier alpha value is -2.70. The Labute approximate surface area is 191 Å². The molecule has 1 aromatic heterocycles. The fourth-order valence-corrected chi connectivity index (χ4v) is 5.20. The standard InChI is InChI=1S/C23H33N5O3S/c1-6-27(7-2)32(30,31)21-11-9-20(10-12-21)17(3)25-23(29)14-13-22-18(4)26-28(19(22)5)16-8-15-24/h9-12,17H,6-8,13-14,16H2,1-5H3,(H,25,29). The molecule has 32 heavy (non-hydrogen) atoms. The van der Waals surface area contributed by atoms with E-state index in [-0.39, 0.29) is 16.8 Å². The molecule has 174 valence electrons. The zero-order chi connectivity index (χ0) is 23.9. The molecule has 1 amide bonds. The van der Waals surface area contributed by atoms with Gasteiger partial charge in [-0.15, -0.1) is 0 Å². The van der Waals surface area contributed by atoms with E-state index >= 15 is 0 Å². The van der Waals surface area contributed by atoms with E-state index in [1.165, 1.54) is 4.31 Å². The number of rotatable bonds is 11. The Morgan fingerprint density at radius 2 is 1.84 bits per heavy atom. The summed E-state index contributed by atoms with van der Waals surface area (Å²) in [6.45, 7) is 10.8. The second-order valence-corrected chi connectivity index (χ2v) is 9.67. The van der Waals surface area contributed by atoms with Crippen LogP contribution in [0.5, 0.6) is 0 Å². The van der Waals surface area contributed by atoms with Crippen LogP contribution in [-0.2, 0) is 27.8 Å². The van der Waals surface area contributed by atoms with Crippen LogP contribution in [-0.4, -0.2) is 41.5 Å². The zero-order valence-corrected chi connectivity index (χ0v) is 20.4. The van der Waals surface area contributed by atoms with E-state index in [0.717, 1.165) is 22.5 Å². The molecule has 2 aromatic rings. The average molecular weight is 460 g/mol. The summed E-state index contributed by atoms with van der Waals surface area (Å²) in [5, 5.41) is 16.2. The van der Waals surface area contributed by atoms with Gasteiger partial charge in [0.15, 0.2) is 0 Å². The molecule has 1 heterocycles. The van der Waals surface area contributed by atoms with Crippen LogP contribution in [0.4, 0.5) is 0 Å². The minimum atomic E-state index is -3.50. The van der Waals surface area contributed by atoms with Gasteiger partial charge < -0.3 is 5.32 Å². The Morgan fingerprint density at radius 1 is 1.22 bits per heavy atom. The van der Waals surface area contributed by atoms with Crippen molar-refractivity contribution in [2.24, 2.45) is 0 Å². The fraction of sp³-hybridized carbons (Fsp3) is 0.522. The van der Waals surface area contributed by atoms with Crippen molar-refractivity contribution in [3.8, 4) is 6.07 Å². The summed E-state index contributed by atoms with van der Waals surface area (Å²) < 4.78 is 28.5. The predicted octanol–water partition coefficient (Wildman–Crippen LogP) is 3.25. The van der Waals surface area contributed by atoms with Gasteiger partial charge in [0.25, 0.3) is 0 Å². The second-order valence-electron chi connectivity index (χ2n) is 7.73. The van der Waals surface area contributed by atoms with Gasteiger partial charge in [-0.2, -0.15) is 14.7 Å². The molecule has 1 atom stereocenters. The summed E-state index contributed by atoms with van der Waals surface area (Å²) in [5.41, 5.74) is 3.75. The lowest BCUT2D eigenvalue weighted by Gasteiger charge is -2.19. The van der Waals surface area contributed by atoms with Crippen LogP contribution in [0.2, 0.25) is 0 Å². The number of amides is 1. The third-order valence-corrected chi connectivity index (χ3v) is 7.73. The molecule has 1 N–H and O–H groups in total. The third kappa shape index (κ3) is 5.96. The summed E-state index contributed by atoms with van der Waals surface area (Å²) >= 11 is 0. The highest BCUT2D eigenvalue weighted by Crippen LogP contribution is 2.20. The lowest BCUT2D eigenvalue weighted by atomic mass is 10.1. The van der Waals surface area contributed by atoms with Crippen molar-refractivity contribution in [3.63, 3.8) is 0 Å². The number of aromatic nitrogens is 2. The normalized spacial score (nSPS) is 12.5. The van der Waals surface area contributed by atoms with Crippen LogP contribution in [0.3, 0.4) is 0 Å². The Balaban J connectivity index is 1.99. The molecule has 2 rings (SSSR count). The SMILES string of the molecule is CCN(CC)S(=O)(=O)c1ccc(C(C)NC(=O)CCc2c(C)nn(CCC#N)c2C)cc1. The molecule has 0 aliphatic rings. The maximum absolute atomic E-state index is 12.6. The molecule has 1 aromatic carbocycles. The van der Waals surface area contributed by atoms with Crippen molar-refractivity contribution in [1.82, 2.24) is 19.4 Å². The van der Waals surface area contributed by atoms with Crippen molar-refractivity contribution in [1.29, 1.82) is 5.26 Å². The van der Waals surface area contributed by atoms with Crippen LogP contribution in [0, 0.1) is 25.2 Å². The smallest absolute Gasteiger partial charge is 0.243 e. The number of benzene rings is 1. The van der Waals surface area contributed by atoms with Crippen LogP contribution in [0.25, 0.3) is 0 Å². The molecule has 0 spiro atoms. The number of carbonyl (C=O) groups excluding carboxylic acids is 1. The van der Waals surface area contributed by atoms with Gasteiger partial charge in [0, 0.05) is 25.2 Å². The van der Waals surface area contributed by atoms with Crippen molar-refractivity contribution in [2.45, 2.75) is 71.4 Å². The Bertz CT molecular complexity index is 1060. The van der Waals surface area contributed by atoms with Gasteiger partial charge in [-0.05, 0) is 50.5 Å². The number of nitrogens with one attached hydrogen (secondary N) is 1. The van der Waals surface area contributed by atoms with Crippen molar-refractivity contribution < 1.29 is 13.2 Å². The van der Waals surface area contributed by atoms with Crippen molar-refractivity contribution >= 4 is 15.9 Å². The maximum atomic E-state index is 12.6. The molecule has 8 nitrogen and oxygen atoms in total. The molecular weight excluding hydrogens is 426 g/mol. The fourth-order valence-electron chi connectivity index (χ4n) is 3.75. The molecule has 0 fully saturated rings. The van der Waals surface area contributed by atoms with Crippen LogP contribution < -0.4 is 5.32 Å². The number of nitrogens with zero attached hydrogens (tertiary/aromatic N) is 4. The first-order chi connectivity index (χ1) is 15.1. The highest BCUT2D eigenvalue weighted by atomic mass is 32.2. The van der Waals surface area contributed by atoms with E-state index in [9.17, 15) is 13.2 Å². The van der Waals surface area contributed by atoms with Crippen molar-refractivity contribution in [2.75, 3.05) is 13.1 Å². The zero-order valence-electron chi connectivity index (χ0n) is 19.6. The van der Waals surface area contributed by atoms with Crippen LogP contribution in [0.1, 0.15) is 62.2 Å². The van der Waals surface area contributed by atoms with Gasteiger partial charge in [-0.1, -0.05) is 26.0 Å². The van der Waals surface area contributed by atoms with E-state index in [1.807, 2.05) is 39.3 Å².